The zero-order valence-electron chi connectivity index (χ0n) is 15.9. The van der Waals surface area contributed by atoms with Gasteiger partial charge in [0, 0.05) is 23.7 Å². The first-order valence-corrected chi connectivity index (χ1v) is 9.32. The minimum atomic E-state index is -0.529. The molecule has 7 heteroatoms. The molecule has 5 nitrogen and oxygen atoms in total. The summed E-state index contributed by atoms with van der Waals surface area (Å²) in [5.74, 6) is -0.603. The van der Waals surface area contributed by atoms with Gasteiger partial charge < -0.3 is 14.4 Å². The van der Waals surface area contributed by atoms with Crippen molar-refractivity contribution in [1.82, 2.24) is 14.7 Å². The van der Waals surface area contributed by atoms with Crippen LogP contribution in [0.3, 0.4) is 0 Å². The highest BCUT2D eigenvalue weighted by Gasteiger charge is 2.28. The van der Waals surface area contributed by atoms with Crippen LogP contribution in [-0.2, 0) is 0 Å². The predicted octanol–water partition coefficient (Wildman–Crippen LogP) is 5.12. The van der Waals surface area contributed by atoms with Crippen molar-refractivity contribution >= 4 is 5.69 Å². The maximum absolute atomic E-state index is 14.8. The topological polar surface area (TPSA) is 55.9 Å². The van der Waals surface area contributed by atoms with E-state index < -0.39 is 11.6 Å². The molecule has 1 aliphatic rings. The Kier molecular flexibility index (Phi) is 3.97. The molecule has 5 rings (SSSR count). The minimum absolute atomic E-state index is 0.0478. The van der Waals surface area contributed by atoms with Gasteiger partial charge in [0.1, 0.15) is 17.4 Å². The highest BCUT2D eigenvalue weighted by Crippen LogP contribution is 2.39. The summed E-state index contributed by atoms with van der Waals surface area (Å²) in [6.07, 6.45) is 3.58. The largest absolute Gasteiger partial charge is 0.380 e. The molecular weight excluding hydrogens is 374 g/mol. The molecule has 1 aliphatic heterocycles. The predicted molar refractivity (Wildman–Crippen MR) is 106 cm³/mol. The fourth-order valence-electron chi connectivity index (χ4n) is 4.09. The Morgan fingerprint density at radius 2 is 1.93 bits per heavy atom. The van der Waals surface area contributed by atoms with E-state index in [4.69, 9.17) is 4.52 Å². The number of anilines is 1. The van der Waals surface area contributed by atoms with Crippen molar-refractivity contribution < 1.29 is 13.3 Å². The molecule has 0 spiro atoms. The van der Waals surface area contributed by atoms with Crippen LogP contribution in [0, 0.1) is 25.5 Å². The molecule has 0 saturated carbocycles. The summed E-state index contributed by atoms with van der Waals surface area (Å²) in [4.78, 5) is 4.22. The summed E-state index contributed by atoms with van der Waals surface area (Å²) in [7, 11) is 0. The molecule has 2 aromatic heterocycles. The summed E-state index contributed by atoms with van der Waals surface area (Å²) < 4.78 is 36.7. The van der Waals surface area contributed by atoms with Crippen LogP contribution in [0.5, 0.6) is 0 Å². The zero-order chi connectivity index (χ0) is 20.1. The Morgan fingerprint density at radius 1 is 1.10 bits per heavy atom. The molecule has 0 amide bonds. The van der Waals surface area contributed by atoms with E-state index >= 15 is 0 Å². The Hall–Kier alpha value is -3.48. The second kappa shape index (κ2) is 6.55. The number of halogens is 2. The number of nitrogens with zero attached hydrogens (tertiary/aromatic N) is 3. The Morgan fingerprint density at radius 3 is 2.72 bits per heavy atom. The fourth-order valence-corrected chi connectivity index (χ4v) is 4.09. The van der Waals surface area contributed by atoms with Gasteiger partial charge in [0.2, 0.25) is 0 Å². The van der Waals surface area contributed by atoms with Gasteiger partial charge in [-0.1, -0.05) is 29.4 Å². The van der Waals surface area contributed by atoms with Crippen LogP contribution in [0.1, 0.15) is 23.1 Å². The average Bonchev–Trinajstić information content (AvgIpc) is 3.38. The van der Waals surface area contributed by atoms with Gasteiger partial charge in [-0.05, 0) is 25.5 Å². The molecule has 146 valence electrons. The van der Waals surface area contributed by atoms with E-state index in [0.717, 1.165) is 16.8 Å². The molecule has 1 atom stereocenters. The number of fused-ring (bicyclic) bond motifs is 3. The van der Waals surface area contributed by atoms with Crippen molar-refractivity contribution in [2.75, 3.05) is 11.9 Å². The van der Waals surface area contributed by atoms with E-state index in [9.17, 15) is 8.78 Å². The molecule has 0 radical (unpaired) electrons. The Labute approximate surface area is 166 Å². The molecular formula is C22H18F2N4O. The highest BCUT2D eigenvalue weighted by molar-refractivity contribution is 5.71. The van der Waals surface area contributed by atoms with Crippen molar-refractivity contribution in [3.05, 3.63) is 77.6 Å². The average molecular weight is 392 g/mol. The number of aromatic nitrogens is 3. The van der Waals surface area contributed by atoms with Gasteiger partial charge in [-0.3, -0.25) is 0 Å². The van der Waals surface area contributed by atoms with Crippen molar-refractivity contribution in [2.24, 2.45) is 0 Å². The van der Waals surface area contributed by atoms with Gasteiger partial charge in [-0.2, -0.15) is 0 Å². The molecule has 4 aromatic rings. The van der Waals surface area contributed by atoms with Gasteiger partial charge in [-0.15, -0.1) is 0 Å². The van der Waals surface area contributed by atoms with Gasteiger partial charge in [-0.25, -0.2) is 13.8 Å². The lowest BCUT2D eigenvalue weighted by Gasteiger charge is -2.17. The lowest BCUT2D eigenvalue weighted by molar-refractivity contribution is 0.393. The van der Waals surface area contributed by atoms with Crippen LogP contribution in [0.2, 0.25) is 0 Å². The summed E-state index contributed by atoms with van der Waals surface area (Å²) in [6.45, 7) is 3.79. The van der Waals surface area contributed by atoms with Crippen LogP contribution in [-0.4, -0.2) is 21.3 Å². The van der Waals surface area contributed by atoms with Crippen LogP contribution in [0.15, 0.2) is 53.4 Å². The molecule has 1 unspecified atom stereocenters. The smallest absolute Gasteiger partial charge is 0.147 e. The molecule has 0 bridgehead atoms. The van der Waals surface area contributed by atoms with Gasteiger partial charge in [0.25, 0.3) is 0 Å². The summed E-state index contributed by atoms with van der Waals surface area (Å²) in [6, 6.07) is 10.4. The third-order valence-electron chi connectivity index (χ3n) is 5.44. The Bertz CT molecular complexity index is 1210. The van der Waals surface area contributed by atoms with Crippen molar-refractivity contribution in [3.63, 3.8) is 0 Å². The maximum Gasteiger partial charge on any atom is 0.147 e. The number of hydrogen-bond acceptors (Lipinski definition) is 4. The first-order valence-electron chi connectivity index (χ1n) is 9.32. The highest BCUT2D eigenvalue weighted by atomic mass is 19.1. The summed E-state index contributed by atoms with van der Waals surface area (Å²) >= 11 is 0. The van der Waals surface area contributed by atoms with E-state index in [2.05, 4.69) is 15.5 Å². The standard InChI is InChI=1S/C22H18F2N4O/c1-12-22(13(2)29-27-12)16-7-18(24)19(8-17(16)23)26-10-21-15-6-4-3-5-14(15)20-9-25-11-28(20)21/h3-9,11,21,26H,10H2,1-2H3. The fraction of sp³-hybridized carbons (Fsp3) is 0.182. The number of nitrogens with one attached hydrogen (secondary N) is 1. The second-order valence-electron chi connectivity index (χ2n) is 7.18. The quantitative estimate of drug-likeness (QED) is 0.524. The van der Waals surface area contributed by atoms with Crippen molar-refractivity contribution in [3.8, 4) is 22.4 Å². The monoisotopic (exact) mass is 392 g/mol. The lowest BCUT2D eigenvalue weighted by Crippen LogP contribution is -2.17. The van der Waals surface area contributed by atoms with Gasteiger partial charge in [0.15, 0.2) is 0 Å². The molecule has 3 heterocycles. The maximum atomic E-state index is 14.8. The molecule has 1 N–H and O–H groups in total. The van der Waals surface area contributed by atoms with Gasteiger partial charge >= 0.3 is 0 Å². The number of imidazole rings is 1. The van der Waals surface area contributed by atoms with Crippen LogP contribution < -0.4 is 5.32 Å². The van der Waals surface area contributed by atoms with Crippen LogP contribution in [0.25, 0.3) is 22.4 Å². The van der Waals surface area contributed by atoms with Gasteiger partial charge in [0.05, 0.1) is 41.2 Å². The Balaban J connectivity index is 1.45. The second-order valence-corrected chi connectivity index (χ2v) is 7.18. The van der Waals surface area contributed by atoms with E-state index in [1.54, 1.807) is 20.2 Å². The third kappa shape index (κ3) is 2.73. The summed E-state index contributed by atoms with van der Waals surface area (Å²) in [5.41, 5.74) is 4.53. The van der Waals surface area contributed by atoms with Crippen molar-refractivity contribution in [2.45, 2.75) is 19.9 Å². The van der Waals surface area contributed by atoms with E-state index in [0.29, 0.717) is 23.6 Å². The normalized spacial score (nSPS) is 14.7. The van der Waals surface area contributed by atoms with Crippen molar-refractivity contribution in [1.29, 1.82) is 0 Å². The molecule has 0 fully saturated rings. The summed E-state index contributed by atoms with van der Waals surface area (Å²) in [5, 5.41) is 6.89. The molecule has 0 aliphatic carbocycles. The molecule has 0 saturated heterocycles. The number of hydrogen-bond donors (Lipinski definition) is 1. The van der Waals surface area contributed by atoms with E-state index in [-0.39, 0.29) is 17.3 Å². The first-order chi connectivity index (χ1) is 14.0. The van der Waals surface area contributed by atoms with E-state index in [1.807, 2.05) is 35.0 Å². The minimum Gasteiger partial charge on any atom is -0.380 e. The molecule has 29 heavy (non-hydrogen) atoms. The van der Waals surface area contributed by atoms with E-state index in [1.165, 1.54) is 12.1 Å². The SMILES string of the molecule is Cc1noc(C)c1-c1cc(F)c(NCC2c3ccccc3-c3cncn32)cc1F. The third-order valence-corrected chi connectivity index (χ3v) is 5.44. The zero-order valence-corrected chi connectivity index (χ0v) is 15.9. The number of benzene rings is 2. The number of aryl methyl sites for hydroxylation is 2. The number of rotatable bonds is 4. The van der Waals surface area contributed by atoms with Crippen LogP contribution in [0.4, 0.5) is 14.5 Å². The first kappa shape index (κ1) is 17.6. The molecule has 2 aromatic carbocycles. The van der Waals surface area contributed by atoms with Crippen LogP contribution >= 0.6 is 0 Å². The lowest BCUT2D eigenvalue weighted by atomic mass is 10.0.